The number of carbonyl (C=O) groups is 2. The van der Waals surface area contributed by atoms with Crippen LogP contribution in [0.4, 0.5) is 0 Å². The molecule has 158 valence electrons. The molecule has 28 heavy (non-hydrogen) atoms. The lowest BCUT2D eigenvalue weighted by Gasteiger charge is -2.18. The van der Waals surface area contributed by atoms with Crippen LogP contribution in [0.25, 0.3) is 0 Å². The molecule has 0 fully saturated rings. The summed E-state index contributed by atoms with van der Waals surface area (Å²) in [6.07, 6.45) is 19.3. The monoisotopic (exact) mass is 390 g/mol. The topological polar surface area (TPSA) is 74.6 Å². The van der Waals surface area contributed by atoms with Gasteiger partial charge in [-0.2, -0.15) is 0 Å². The molecule has 0 aromatic rings. The van der Waals surface area contributed by atoms with Gasteiger partial charge in [-0.3, -0.25) is 9.59 Å². The molecule has 2 N–H and O–H groups in total. The summed E-state index contributed by atoms with van der Waals surface area (Å²) in [5, 5.41) is 19.0. The zero-order valence-corrected chi connectivity index (χ0v) is 17.6. The molecular weight excluding hydrogens is 352 g/mol. The van der Waals surface area contributed by atoms with Crippen LogP contribution in [-0.4, -0.2) is 34.5 Å². The molecule has 4 atom stereocenters. The highest BCUT2D eigenvalue weighted by molar-refractivity contribution is 5.95. The van der Waals surface area contributed by atoms with E-state index in [-0.39, 0.29) is 36.1 Å². The smallest absolute Gasteiger partial charge is 0.159 e. The number of ketones is 2. The number of Topliss-reactive ketones (excluding diaryl/α,β-unsaturated/α-hetero) is 1. The summed E-state index contributed by atoms with van der Waals surface area (Å²) in [6, 6.07) is 0. The number of hydrogen-bond acceptors (Lipinski definition) is 4. The lowest BCUT2D eigenvalue weighted by atomic mass is 9.90. The van der Waals surface area contributed by atoms with E-state index in [4.69, 9.17) is 5.11 Å². The fourth-order valence-corrected chi connectivity index (χ4v) is 3.50. The van der Waals surface area contributed by atoms with E-state index in [9.17, 15) is 14.7 Å². The Bertz CT molecular complexity index is 547. The van der Waals surface area contributed by atoms with Crippen molar-refractivity contribution in [2.75, 3.05) is 6.61 Å². The van der Waals surface area contributed by atoms with E-state index < -0.39 is 0 Å². The second-order valence-corrected chi connectivity index (χ2v) is 7.95. The van der Waals surface area contributed by atoms with Crippen LogP contribution in [-0.2, 0) is 9.59 Å². The summed E-state index contributed by atoms with van der Waals surface area (Å²) in [6.45, 7) is 3.91. The van der Waals surface area contributed by atoms with Crippen molar-refractivity contribution in [3.63, 3.8) is 0 Å². The second-order valence-electron chi connectivity index (χ2n) is 7.95. The lowest BCUT2D eigenvalue weighted by molar-refractivity contribution is -0.121. The molecule has 2 unspecified atom stereocenters. The highest BCUT2D eigenvalue weighted by Gasteiger charge is 2.27. The van der Waals surface area contributed by atoms with Gasteiger partial charge in [0.25, 0.3) is 0 Å². The van der Waals surface area contributed by atoms with Crippen molar-refractivity contribution >= 4 is 11.6 Å². The van der Waals surface area contributed by atoms with Gasteiger partial charge in [-0.15, -0.1) is 0 Å². The van der Waals surface area contributed by atoms with Crippen LogP contribution in [0.1, 0.15) is 71.6 Å². The van der Waals surface area contributed by atoms with Crippen molar-refractivity contribution in [2.24, 2.45) is 17.8 Å². The lowest BCUT2D eigenvalue weighted by Crippen LogP contribution is -2.17. The van der Waals surface area contributed by atoms with Crippen LogP contribution in [0.2, 0.25) is 0 Å². The summed E-state index contributed by atoms with van der Waals surface area (Å²) >= 11 is 0. The summed E-state index contributed by atoms with van der Waals surface area (Å²) in [5.74, 6) is 0.355. The van der Waals surface area contributed by atoms with Crippen LogP contribution >= 0.6 is 0 Å². The predicted molar refractivity (Wildman–Crippen MR) is 114 cm³/mol. The number of rotatable bonds is 15. The van der Waals surface area contributed by atoms with Crippen LogP contribution in [0.3, 0.4) is 0 Å². The third-order valence-corrected chi connectivity index (χ3v) is 5.53. The van der Waals surface area contributed by atoms with Crippen molar-refractivity contribution in [2.45, 2.75) is 77.7 Å². The first-order valence-electron chi connectivity index (χ1n) is 10.8. The van der Waals surface area contributed by atoms with Crippen molar-refractivity contribution in [3.8, 4) is 0 Å². The average molecular weight is 391 g/mol. The maximum atomic E-state index is 12.1. The quantitative estimate of drug-likeness (QED) is 0.317. The molecule has 0 saturated carbocycles. The number of hydrogen-bond donors (Lipinski definition) is 2. The summed E-state index contributed by atoms with van der Waals surface area (Å²) in [4.78, 5) is 23.2. The Hall–Kier alpha value is -1.52. The van der Waals surface area contributed by atoms with E-state index >= 15 is 0 Å². The van der Waals surface area contributed by atoms with Gasteiger partial charge < -0.3 is 10.2 Å². The van der Waals surface area contributed by atoms with Crippen LogP contribution in [0, 0.1) is 17.8 Å². The third kappa shape index (κ3) is 9.61. The molecule has 4 heteroatoms. The normalized spacial score (nSPS) is 21.8. The molecule has 0 spiro atoms. The van der Waals surface area contributed by atoms with Gasteiger partial charge in [-0.05, 0) is 44.1 Å². The van der Waals surface area contributed by atoms with Crippen molar-refractivity contribution in [1.82, 2.24) is 0 Å². The maximum absolute atomic E-state index is 12.1. The Balaban J connectivity index is 2.36. The number of allylic oxidation sites excluding steroid dienone is 5. The fourth-order valence-electron chi connectivity index (χ4n) is 3.50. The molecule has 0 aromatic heterocycles. The minimum Gasteiger partial charge on any atom is -0.393 e. The largest absolute Gasteiger partial charge is 0.393 e. The maximum Gasteiger partial charge on any atom is 0.159 e. The molecule has 4 nitrogen and oxygen atoms in total. The van der Waals surface area contributed by atoms with E-state index in [0.717, 1.165) is 19.3 Å². The van der Waals surface area contributed by atoms with Crippen LogP contribution in [0.5, 0.6) is 0 Å². The molecule has 0 aliphatic heterocycles. The third-order valence-electron chi connectivity index (χ3n) is 5.53. The van der Waals surface area contributed by atoms with Gasteiger partial charge in [0.15, 0.2) is 11.6 Å². The van der Waals surface area contributed by atoms with Gasteiger partial charge in [0.05, 0.1) is 6.10 Å². The Morgan fingerprint density at radius 1 is 1.21 bits per heavy atom. The molecule has 0 saturated heterocycles. The summed E-state index contributed by atoms with van der Waals surface area (Å²) in [5.41, 5.74) is 0. The minimum absolute atomic E-state index is 0.0642. The van der Waals surface area contributed by atoms with E-state index in [2.05, 4.69) is 19.9 Å². The van der Waals surface area contributed by atoms with E-state index in [1.807, 2.05) is 24.3 Å². The summed E-state index contributed by atoms with van der Waals surface area (Å²) in [7, 11) is 0. The highest BCUT2D eigenvalue weighted by Crippen LogP contribution is 2.28. The number of unbranched alkanes of at least 4 members (excludes halogenated alkanes) is 3. The molecule has 0 heterocycles. The molecule has 1 aliphatic rings. The van der Waals surface area contributed by atoms with E-state index in [1.54, 1.807) is 6.08 Å². The van der Waals surface area contributed by atoms with Crippen molar-refractivity contribution in [1.29, 1.82) is 0 Å². The minimum atomic E-state index is -0.383. The Labute approximate surface area is 170 Å². The first-order chi connectivity index (χ1) is 13.5. The van der Waals surface area contributed by atoms with Gasteiger partial charge in [0.1, 0.15) is 6.61 Å². The average Bonchev–Trinajstić information content (AvgIpc) is 3.03. The van der Waals surface area contributed by atoms with Crippen molar-refractivity contribution in [3.05, 3.63) is 36.5 Å². The molecule has 1 aliphatic carbocycles. The standard InChI is InChI=1S/C24H38O4/c1-3-4-7-11-19(2)23(27)15-10-12-20-16-17-24(28)22(20)14-9-6-5-8-13-21(26)18-25/h6,9-10,12,16-17,19-20,22-23,25,27H,3-5,7-8,11,13-15,18H2,1-2H3/b9-6-,12-10+/t19?,20-,22+,23?/m0/s1. The predicted octanol–water partition coefficient (Wildman–Crippen LogP) is 4.56. The first kappa shape index (κ1) is 24.5. The second kappa shape index (κ2) is 14.5. The van der Waals surface area contributed by atoms with Crippen molar-refractivity contribution < 1.29 is 19.8 Å². The molecule has 0 amide bonds. The molecular formula is C24H38O4. The van der Waals surface area contributed by atoms with Gasteiger partial charge in [-0.25, -0.2) is 0 Å². The zero-order chi connectivity index (χ0) is 20.8. The molecule has 1 rings (SSSR count). The number of aliphatic hydroxyl groups is 2. The molecule has 0 bridgehead atoms. The van der Waals surface area contributed by atoms with E-state index in [0.29, 0.717) is 25.2 Å². The first-order valence-corrected chi connectivity index (χ1v) is 10.8. The van der Waals surface area contributed by atoms with Gasteiger partial charge >= 0.3 is 0 Å². The van der Waals surface area contributed by atoms with Crippen LogP contribution in [0.15, 0.2) is 36.5 Å². The summed E-state index contributed by atoms with van der Waals surface area (Å²) < 4.78 is 0. The highest BCUT2D eigenvalue weighted by atomic mass is 16.3. The SMILES string of the molecule is CCCCCC(C)C(O)C/C=C/[C@H]1C=CC(=O)[C@@H]1C/C=C\CCCC(=O)CO. The Morgan fingerprint density at radius 3 is 2.71 bits per heavy atom. The molecule has 0 radical (unpaired) electrons. The zero-order valence-electron chi connectivity index (χ0n) is 17.6. The van der Waals surface area contributed by atoms with Gasteiger partial charge in [0.2, 0.25) is 0 Å². The van der Waals surface area contributed by atoms with E-state index in [1.165, 1.54) is 19.3 Å². The van der Waals surface area contributed by atoms with Crippen LogP contribution < -0.4 is 0 Å². The Kier molecular flexibility index (Phi) is 12.7. The molecule has 0 aromatic carbocycles. The number of aliphatic hydroxyl groups excluding tert-OH is 2. The Morgan fingerprint density at radius 2 is 2.00 bits per heavy atom. The van der Waals surface area contributed by atoms with Gasteiger partial charge in [0, 0.05) is 18.3 Å². The fraction of sp³-hybridized carbons (Fsp3) is 0.667. The van der Waals surface area contributed by atoms with Gasteiger partial charge in [-0.1, -0.05) is 63.5 Å². The number of carbonyl (C=O) groups excluding carboxylic acids is 2.